The van der Waals surface area contributed by atoms with Crippen LogP contribution in [-0.2, 0) is 17.8 Å². The fourth-order valence-electron chi connectivity index (χ4n) is 1.38. The Morgan fingerprint density at radius 2 is 2.43 bits per heavy atom. The molecule has 2 rings (SSSR count). The second-order valence-electron chi connectivity index (χ2n) is 2.92. The first-order valence-electron chi connectivity index (χ1n) is 4.55. The molecule has 0 fully saturated rings. The van der Waals surface area contributed by atoms with Crippen molar-refractivity contribution in [1.82, 2.24) is 20.1 Å². The van der Waals surface area contributed by atoms with Crippen molar-refractivity contribution in [3.63, 3.8) is 0 Å². The third-order valence-corrected chi connectivity index (χ3v) is 2.02. The zero-order valence-corrected chi connectivity index (χ0v) is 7.93. The van der Waals surface area contributed by atoms with Crippen molar-refractivity contribution in [2.75, 3.05) is 13.2 Å². The van der Waals surface area contributed by atoms with Gasteiger partial charge in [0.1, 0.15) is 5.82 Å². The van der Waals surface area contributed by atoms with Gasteiger partial charge >= 0.3 is 5.97 Å². The molecule has 0 saturated carbocycles. The van der Waals surface area contributed by atoms with Crippen LogP contribution in [0.5, 0.6) is 0 Å². The van der Waals surface area contributed by atoms with Gasteiger partial charge in [-0.2, -0.15) is 0 Å². The molecule has 6 heteroatoms. The Hall–Kier alpha value is -1.43. The van der Waals surface area contributed by atoms with Crippen molar-refractivity contribution in [2.45, 2.75) is 20.0 Å². The van der Waals surface area contributed by atoms with Crippen LogP contribution in [0.15, 0.2) is 0 Å². The van der Waals surface area contributed by atoms with Gasteiger partial charge in [0.2, 0.25) is 5.82 Å². The summed E-state index contributed by atoms with van der Waals surface area (Å²) < 4.78 is 6.63. The van der Waals surface area contributed by atoms with Gasteiger partial charge in [0, 0.05) is 13.1 Å². The number of fused-ring (bicyclic) bond motifs is 1. The molecule has 0 saturated heterocycles. The van der Waals surface area contributed by atoms with E-state index >= 15 is 0 Å². The lowest BCUT2D eigenvalue weighted by Crippen LogP contribution is -2.26. The maximum absolute atomic E-state index is 11.4. The zero-order valence-electron chi connectivity index (χ0n) is 7.93. The van der Waals surface area contributed by atoms with Gasteiger partial charge < -0.3 is 9.30 Å². The third-order valence-electron chi connectivity index (χ3n) is 2.02. The maximum atomic E-state index is 11.4. The van der Waals surface area contributed by atoms with Gasteiger partial charge in [0.25, 0.3) is 0 Å². The van der Waals surface area contributed by atoms with Gasteiger partial charge in [-0.3, -0.25) is 0 Å². The molecule has 0 unspecified atom stereocenters. The summed E-state index contributed by atoms with van der Waals surface area (Å²) in [6.07, 6.45) is 0. The van der Waals surface area contributed by atoms with Gasteiger partial charge in [-0.25, -0.2) is 10.1 Å². The summed E-state index contributed by atoms with van der Waals surface area (Å²) in [5, 5.41) is 11.8. The van der Waals surface area contributed by atoms with E-state index < -0.39 is 5.97 Å². The molecule has 1 aliphatic rings. The summed E-state index contributed by atoms with van der Waals surface area (Å²) in [5.41, 5.74) is 0. The molecule has 14 heavy (non-hydrogen) atoms. The highest BCUT2D eigenvalue weighted by atomic mass is 16.5. The van der Waals surface area contributed by atoms with Gasteiger partial charge in [-0.05, 0) is 6.92 Å². The molecule has 0 bridgehead atoms. The van der Waals surface area contributed by atoms with E-state index in [1.807, 2.05) is 0 Å². The first-order valence-corrected chi connectivity index (χ1v) is 4.55. The van der Waals surface area contributed by atoms with Crippen molar-refractivity contribution in [3.8, 4) is 0 Å². The lowest BCUT2D eigenvalue weighted by atomic mass is 10.4. The van der Waals surface area contributed by atoms with Crippen LogP contribution in [0.3, 0.4) is 0 Å². The largest absolute Gasteiger partial charge is 0.460 e. The lowest BCUT2D eigenvalue weighted by molar-refractivity contribution is 0.0505. The molecule has 1 aromatic heterocycles. The SMILES string of the molecule is CCOC(=O)c1nnc2n1CC[N]C2. The number of esters is 1. The standard InChI is InChI=1S/C8H11N4O2/c1-2-14-8(13)7-11-10-6-5-9-3-4-12(6)7/h2-5H2,1H3. The molecule has 0 atom stereocenters. The van der Waals surface area contributed by atoms with Gasteiger partial charge in [-0.1, -0.05) is 0 Å². The molecule has 0 aromatic carbocycles. The van der Waals surface area contributed by atoms with E-state index in [0.29, 0.717) is 26.2 Å². The smallest absolute Gasteiger partial charge is 0.376 e. The summed E-state index contributed by atoms with van der Waals surface area (Å²) in [5.74, 6) is 0.615. The molecule has 0 amide bonds. The minimum Gasteiger partial charge on any atom is -0.460 e. The van der Waals surface area contributed by atoms with Crippen molar-refractivity contribution < 1.29 is 9.53 Å². The topological polar surface area (TPSA) is 71.1 Å². The van der Waals surface area contributed by atoms with E-state index in [1.165, 1.54) is 0 Å². The number of hydrogen-bond donors (Lipinski definition) is 0. The highest BCUT2D eigenvalue weighted by Crippen LogP contribution is 2.07. The second-order valence-corrected chi connectivity index (χ2v) is 2.92. The van der Waals surface area contributed by atoms with Crippen LogP contribution in [0.4, 0.5) is 0 Å². The monoisotopic (exact) mass is 195 g/mol. The average Bonchev–Trinajstić information content (AvgIpc) is 2.61. The maximum Gasteiger partial charge on any atom is 0.376 e. The molecule has 0 aliphatic carbocycles. The number of hydrogen-bond acceptors (Lipinski definition) is 4. The Labute approximate surface area is 81.3 Å². The van der Waals surface area contributed by atoms with Crippen LogP contribution < -0.4 is 5.32 Å². The quantitative estimate of drug-likeness (QED) is 0.600. The summed E-state index contributed by atoms with van der Waals surface area (Å²) in [6.45, 7) is 4.02. The van der Waals surface area contributed by atoms with Crippen LogP contribution in [0.1, 0.15) is 23.4 Å². The highest BCUT2D eigenvalue weighted by molar-refractivity contribution is 5.85. The van der Waals surface area contributed by atoms with Crippen molar-refractivity contribution in [1.29, 1.82) is 0 Å². The predicted molar refractivity (Wildman–Crippen MR) is 46.7 cm³/mol. The zero-order chi connectivity index (χ0) is 9.97. The van der Waals surface area contributed by atoms with E-state index in [4.69, 9.17) is 4.74 Å². The van der Waals surface area contributed by atoms with E-state index in [9.17, 15) is 4.79 Å². The fraction of sp³-hybridized carbons (Fsp3) is 0.625. The molecular weight excluding hydrogens is 184 g/mol. The number of ether oxygens (including phenoxy) is 1. The highest BCUT2D eigenvalue weighted by Gasteiger charge is 2.21. The molecule has 2 heterocycles. The van der Waals surface area contributed by atoms with E-state index in [0.717, 1.165) is 5.82 Å². The molecule has 1 radical (unpaired) electrons. The van der Waals surface area contributed by atoms with E-state index in [2.05, 4.69) is 15.5 Å². The number of carbonyl (C=O) groups is 1. The minimum atomic E-state index is -0.409. The van der Waals surface area contributed by atoms with Gasteiger partial charge in [0.05, 0.1) is 13.2 Å². The number of aromatic nitrogens is 3. The number of rotatable bonds is 2. The average molecular weight is 195 g/mol. The molecule has 6 nitrogen and oxygen atoms in total. The third kappa shape index (κ3) is 1.48. The molecule has 1 aliphatic heterocycles. The molecule has 0 N–H and O–H groups in total. The number of nitrogens with zero attached hydrogens (tertiary/aromatic N) is 4. The molecule has 1 aromatic rings. The lowest BCUT2D eigenvalue weighted by Gasteiger charge is -2.13. The molecule has 75 valence electrons. The van der Waals surface area contributed by atoms with Crippen molar-refractivity contribution in [2.24, 2.45) is 0 Å². The molecule has 0 spiro atoms. The predicted octanol–water partition coefficient (Wildman–Crippen LogP) is -0.427. The first-order chi connectivity index (χ1) is 6.83. The summed E-state index contributed by atoms with van der Waals surface area (Å²) >= 11 is 0. The van der Waals surface area contributed by atoms with Crippen LogP contribution in [0.25, 0.3) is 0 Å². The number of carbonyl (C=O) groups excluding carboxylic acids is 1. The van der Waals surface area contributed by atoms with Gasteiger partial charge in [-0.15, -0.1) is 10.2 Å². The Morgan fingerprint density at radius 3 is 3.21 bits per heavy atom. The normalized spacial score (nSPS) is 14.9. The minimum absolute atomic E-state index is 0.289. The van der Waals surface area contributed by atoms with Crippen LogP contribution in [-0.4, -0.2) is 33.9 Å². The van der Waals surface area contributed by atoms with E-state index in [-0.39, 0.29) is 5.82 Å². The molecular formula is C8H11N4O2. The fourth-order valence-corrected chi connectivity index (χ4v) is 1.38. The van der Waals surface area contributed by atoms with Crippen LogP contribution >= 0.6 is 0 Å². The Morgan fingerprint density at radius 1 is 1.57 bits per heavy atom. The summed E-state index contributed by atoms with van der Waals surface area (Å²) in [7, 11) is 0. The summed E-state index contributed by atoms with van der Waals surface area (Å²) in [4.78, 5) is 11.4. The second kappa shape index (κ2) is 3.75. The van der Waals surface area contributed by atoms with Crippen molar-refractivity contribution in [3.05, 3.63) is 11.6 Å². The summed E-state index contributed by atoms with van der Waals surface area (Å²) in [6, 6.07) is 0. The Balaban J connectivity index is 2.25. The first kappa shape index (κ1) is 9.14. The van der Waals surface area contributed by atoms with Crippen LogP contribution in [0.2, 0.25) is 0 Å². The van der Waals surface area contributed by atoms with Crippen molar-refractivity contribution >= 4 is 5.97 Å². The van der Waals surface area contributed by atoms with E-state index in [1.54, 1.807) is 11.5 Å². The Bertz CT molecular complexity index is 347. The van der Waals surface area contributed by atoms with Crippen LogP contribution in [0, 0.1) is 0 Å². The van der Waals surface area contributed by atoms with Gasteiger partial charge in [0.15, 0.2) is 0 Å². The Kier molecular flexibility index (Phi) is 2.45.